The summed E-state index contributed by atoms with van der Waals surface area (Å²) in [6, 6.07) is 5.03. The summed E-state index contributed by atoms with van der Waals surface area (Å²) in [6.07, 6.45) is 1.68. The van der Waals surface area contributed by atoms with Crippen LogP contribution in [0.5, 0.6) is 11.5 Å². The molecule has 0 aliphatic rings. The van der Waals surface area contributed by atoms with Gasteiger partial charge in [-0.2, -0.15) is 0 Å². The van der Waals surface area contributed by atoms with Crippen LogP contribution in [0.3, 0.4) is 0 Å². The maximum Gasteiger partial charge on any atom is 0.214 e. The van der Waals surface area contributed by atoms with Crippen LogP contribution in [0.4, 0.5) is 0 Å². The average Bonchev–Trinajstić information content (AvgIpc) is 2.18. The van der Waals surface area contributed by atoms with Crippen LogP contribution in [0.25, 0.3) is 0 Å². The molecule has 0 aliphatic carbocycles. The molecule has 0 aliphatic heterocycles. The minimum atomic E-state index is 0.119. The Bertz CT molecular complexity index is 272. The van der Waals surface area contributed by atoms with E-state index >= 15 is 0 Å². The van der Waals surface area contributed by atoms with Crippen LogP contribution in [0.2, 0.25) is 0 Å². The molecule has 0 fully saturated rings. The maximum absolute atomic E-state index is 8.57. The van der Waals surface area contributed by atoms with Crippen LogP contribution in [0.1, 0.15) is 18.9 Å². The highest BCUT2D eigenvalue weighted by Crippen LogP contribution is 2.30. The molecule has 2 N–H and O–H groups in total. The van der Waals surface area contributed by atoms with Crippen molar-refractivity contribution in [2.45, 2.75) is 19.8 Å². The molecule has 4 nitrogen and oxygen atoms in total. The Morgan fingerprint density at radius 1 is 1.23 bits per heavy atom. The quantitative estimate of drug-likeness (QED) is 0.557. The van der Waals surface area contributed by atoms with Gasteiger partial charge in [0.05, 0.1) is 0 Å². The van der Waals surface area contributed by atoms with Gasteiger partial charge in [-0.3, -0.25) is 0 Å². The van der Waals surface area contributed by atoms with Crippen molar-refractivity contribution >= 4 is 0 Å². The average molecular weight is 184 g/mol. The topological polar surface area (TPSA) is 58.9 Å². The van der Waals surface area contributed by atoms with Gasteiger partial charge in [0.25, 0.3) is 0 Å². The van der Waals surface area contributed by atoms with Crippen molar-refractivity contribution in [2.75, 3.05) is 0 Å². The predicted octanol–water partition coefficient (Wildman–Crippen LogP) is 2.34. The molecular weight excluding hydrogens is 172 g/mol. The van der Waals surface area contributed by atoms with Gasteiger partial charge >= 0.3 is 0 Å². The standard InChI is InChI=1S/C9H12O4/c1-2-4-7-5-3-6-8(12-10)9(7)13-11/h3,5-6,10-11H,2,4H2,1H3. The number of aryl methyl sites for hydroxylation is 1. The monoisotopic (exact) mass is 184 g/mol. The zero-order chi connectivity index (χ0) is 9.68. The second kappa shape index (κ2) is 4.69. The van der Waals surface area contributed by atoms with E-state index in [1.54, 1.807) is 12.1 Å². The lowest BCUT2D eigenvalue weighted by atomic mass is 10.1. The first kappa shape index (κ1) is 9.83. The summed E-state index contributed by atoms with van der Waals surface area (Å²) in [5, 5.41) is 17.0. The smallest absolute Gasteiger partial charge is 0.214 e. The number of hydrogen-bond acceptors (Lipinski definition) is 4. The number of para-hydroxylation sites is 1. The largest absolute Gasteiger partial charge is 0.336 e. The number of rotatable bonds is 4. The van der Waals surface area contributed by atoms with Gasteiger partial charge in [0.15, 0.2) is 0 Å². The molecule has 13 heavy (non-hydrogen) atoms. The third kappa shape index (κ3) is 2.11. The van der Waals surface area contributed by atoms with E-state index in [1.165, 1.54) is 6.07 Å². The summed E-state index contributed by atoms with van der Waals surface area (Å²) in [6.45, 7) is 2.01. The van der Waals surface area contributed by atoms with Gasteiger partial charge in [0, 0.05) is 5.56 Å². The Balaban J connectivity index is 3.03. The molecule has 0 saturated heterocycles. The van der Waals surface area contributed by atoms with Gasteiger partial charge < -0.3 is 9.78 Å². The highest BCUT2D eigenvalue weighted by atomic mass is 17.1. The Labute approximate surface area is 76.2 Å². The molecule has 0 bridgehead atoms. The molecule has 0 amide bonds. The van der Waals surface area contributed by atoms with Gasteiger partial charge in [0.2, 0.25) is 11.5 Å². The molecule has 1 aromatic carbocycles. The molecule has 4 heteroatoms. The molecule has 1 rings (SSSR count). The molecule has 72 valence electrons. The van der Waals surface area contributed by atoms with Gasteiger partial charge in [0.1, 0.15) is 0 Å². The molecule has 0 radical (unpaired) electrons. The summed E-state index contributed by atoms with van der Waals surface area (Å²) < 4.78 is 0. The molecule has 0 saturated carbocycles. The second-order valence-corrected chi connectivity index (χ2v) is 2.68. The lowest BCUT2D eigenvalue weighted by Gasteiger charge is -2.07. The zero-order valence-corrected chi connectivity index (χ0v) is 7.36. The molecule has 0 heterocycles. The first-order chi connectivity index (χ1) is 6.33. The van der Waals surface area contributed by atoms with Crippen LogP contribution in [-0.2, 0) is 6.42 Å². The van der Waals surface area contributed by atoms with Crippen LogP contribution in [0, 0.1) is 0 Å². The second-order valence-electron chi connectivity index (χ2n) is 2.68. The van der Waals surface area contributed by atoms with Gasteiger partial charge in [-0.05, 0) is 12.5 Å². The van der Waals surface area contributed by atoms with Crippen molar-refractivity contribution in [3.8, 4) is 11.5 Å². The van der Waals surface area contributed by atoms with E-state index in [-0.39, 0.29) is 11.5 Å². The van der Waals surface area contributed by atoms with E-state index in [9.17, 15) is 0 Å². The summed E-state index contributed by atoms with van der Waals surface area (Å²) >= 11 is 0. The number of hydrogen-bond donors (Lipinski definition) is 2. The fraction of sp³-hybridized carbons (Fsp3) is 0.333. The predicted molar refractivity (Wildman–Crippen MR) is 47.0 cm³/mol. The van der Waals surface area contributed by atoms with E-state index in [1.807, 2.05) is 6.92 Å². The lowest BCUT2D eigenvalue weighted by Crippen LogP contribution is -1.96. The van der Waals surface area contributed by atoms with E-state index in [0.29, 0.717) is 0 Å². The van der Waals surface area contributed by atoms with Gasteiger partial charge in [-0.15, -0.1) is 0 Å². The highest BCUT2D eigenvalue weighted by Gasteiger charge is 2.10. The van der Waals surface area contributed by atoms with Crippen LogP contribution < -0.4 is 9.78 Å². The van der Waals surface area contributed by atoms with Gasteiger partial charge in [-0.25, -0.2) is 10.5 Å². The molecule has 0 atom stereocenters. The first-order valence-electron chi connectivity index (χ1n) is 4.08. The third-order valence-electron chi connectivity index (χ3n) is 1.77. The zero-order valence-electron chi connectivity index (χ0n) is 7.36. The fourth-order valence-electron chi connectivity index (χ4n) is 1.20. The van der Waals surface area contributed by atoms with E-state index in [2.05, 4.69) is 9.78 Å². The van der Waals surface area contributed by atoms with Crippen LogP contribution >= 0.6 is 0 Å². The Hall–Kier alpha value is -1.26. The maximum atomic E-state index is 8.57. The first-order valence-corrected chi connectivity index (χ1v) is 4.08. The van der Waals surface area contributed by atoms with Crippen molar-refractivity contribution in [3.63, 3.8) is 0 Å². The molecular formula is C9H12O4. The molecule has 0 unspecified atom stereocenters. The van der Waals surface area contributed by atoms with Crippen molar-refractivity contribution in [1.82, 2.24) is 0 Å². The molecule has 1 aromatic rings. The number of benzene rings is 1. The minimum absolute atomic E-state index is 0.119. The summed E-state index contributed by atoms with van der Waals surface area (Å²) in [4.78, 5) is 8.17. The van der Waals surface area contributed by atoms with Crippen molar-refractivity contribution in [3.05, 3.63) is 23.8 Å². The fourth-order valence-corrected chi connectivity index (χ4v) is 1.20. The molecule has 0 aromatic heterocycles. The van der Waals surface area contributed by atoms with Crippen molar-refractivity contribution in [2.24, 2.45) is 0 Å². The Morgan fingerprint density at radius 2 is 2.00 bits per heavy atom. The van der Waals surface area contributed by atoms with Crippen molar-refractivity contribution in [1.29, 1.82) is 0 Å². The molecule has 0 spiro atoms. The van der Waals surface area contributed by atoms with E-state index in [0.717, 1.165) is 18.4 Å². The summed E-state index contributed by atoms with van der Waals surface area (Å²) in [7, 11) is 0. The van der Waals surface area contributed by atoms with E-state index in [4.69, 9.17) is 10.5 Å². The van der Waals surface area contributed by atoms with E-state index < -0.39 is 0 Å². The third-order valence-corrected chi connectivity index (χ3v) is 1.77. The SMILES string of the molecule is CCCc1cccc(OO)c1OO. The Kier molecular flexibility index (Phi) is 3.54. The van der Waals surface area contributed by atoms with Gasteiger partial charge in [-0.1, -0.05) is 25.5 Å². The van der Waals surface area contributed by atoms with Crippen LogP contribution in [0.15, 0.2) is 18.2 Å². The summed E-state index contributed by atoms with van der Waals surface area (Å²) in [5.74, 6) is 0.292. The normalized spacial score (nSPS) is 9.77. The minimum Gasteiger partial charge on any atom is -0.336 e. The van der Waals surface area contributed by atoms with Crippen molar-refractivity contribution < 1.29 is 20.3 Å². The lowest BCUT2D eigenvalue weighted by molar-refractivity contribution is -0.164. The Morgan fingerprint density at radius 3 is 2.54 bits per heavy atom. The van der Waals surface area contributed by atoms with Crippen LogP contribution in [-0.4, -0.2) is 10.5 Å². The highest BCUT2D eigenvalue weighted by molar-refractivity contribution is 5.45. The summed E-state index contributed by atoms with van der Waals surface area (Å²) in [5.41, 5.74) is 0.802.